The predicted molar refractivity (Wildman–Crippen MR) is 99.8 cm³/mol. The first kappa shape index (κ1) is 19.9. The Morgan fingerprint density at radius 2 is 2.04 bits per heavy atom. The number of rotatable bonds is 7. The number of carbonyl (C=O) groups excluding carboxylic acids is 2. The van der Waals surface area contributed by atoms with Gasteiger partial charge in [-0.25, -0.2) is 8.42 Å². The van der Waals surface area contributed by atoms with E-state index in [1.54, 1.807) is 6.92 Å². The van der Waals surface area contributed by atoms with Gasteiger partial charge in [0.1, 0.15) is 6.04 Å². The summed E-state index contributed by atoms with van der Waals surface area (Å²) in [6.45, 7) is 1.95. The maximum Gasteiger partial charge on any atom is 0.242 e. The number of halogens is 1. The second-order valence-electron chi connectivity index (χ2n) is 6.39. The van der Waals surface area contributed by atoms with E-state index in [0.29, 0.717) is 25.8 Å². The van der Waals surface area contributed by atoms with Crippen LogP contribution in [-0.4, -0.2) is 44.3 Å². The van der Waals surface area contributed by atoms with Crippen LogP contribution in [0.4, 0.5) is 0 Å². The van der Waals surface area contributed by atoms with Crippen LogP contribution in [0.3, 0.4) is 0 Å². The van der Waals surface area contributed by atoms with Crippen LogP contribution in [0.5, 0.6) is 0 Å². The molecule has 1 aliphatic rings. The van der Waals surface area contributed by atoms with Crippen LogP contribution < -0.4 is 10.6 Å². The summed E-state index contributed by atoms with van der Waals surface area (Å²) in [6, 6.07) is 7.05. The van der Waals surface area contributed by atoms with Crippen LogP contribution in [0.1, 0.15) is 25.3 Å². The summed E-state index contributed by atoms with van der Waals surface area (Å²) in [4.78, 5) is 24.0. The number of hydrogen-bond acceptors (Lipinski definition) is 4. The average molecular weight is 431 g/mol. The summed E-state index contributed by atoms with van der Waals surface area (Å²) < 4.78 is 23.8. The number of amides is 2. The Bertz CT molecular complexity index is 736. The highest BCUT2D eigenvalue weighted by Gasteiger charge is 2.28. The Kier molecular flexibility index (Phi) is 7.01. The largest absolute Gasteiger partial charge is 0.354 e. The number of nitrogens with one attached hydrogen (secondary N) is 2. The minimum atomic E-state index is -2.94. The highest BCUT2D eigenvalue weighted by atomic mass is 79.9. The minimum Gasteiger partial charge on any atom is -0.354 e. The van der Waals surface area contributed by atoms with Gasteiger partial charge in [0.05, 0.1) is 11.5 Å². The van der Waals surface area contributed by atoms with Crippen LogP contribution >= 0.6 is 15.9 Å². The molecule has 1 aromatic rings. The van der Waals surface area contributed by atoms with Crippen molar-refractivity contribution in [2.45, 2.75) is 32.2 Å². The van der Waals surface area contributed by atoms with E-state index < -0.39 is 15.9 Å². The fraction of sp³-hybridized carbons (Fsp3) is 0.529. The van der Waals surface area contributed by atoms with Gasteiger partial charge in [-0.05, 0) is 37.3 Å². The zero-order chi connectivity index (χ0) is 18.4. The first-order valence-corrected chi connectivity index (χ1v) is 10.9. The van der Waals surface area contributed by atoms with Gasteiger partial charge in [0, 0.05) is 17.4 Å². The summed E-state index contributed by atoms with van der Waals surface area (Å²) in [7, 11) is -2.94. The molecule has 1 fully saturated rings. The smallest absolute Gasteiger partial charge is 0.242 e. The maximum atomic E-state index is 12.0. The zero-order valence-electron chi connectivity index (χ0n) is 14.1. The third-order valence-corrected chi connectivity index (χ3v) is 6.85. The Morgan fingerprint density at radius 1 is 1.32 bits per heavy atom. The van der Waals surface area contributed by atoms with Gasteiger partial charge in [-0.2, -0.15) is 0 Å². The SMILES string of the molecule is CC(NC(=O)CCc1ccccc1Br)C(=O)NCC1CCS(=O)(=O)C1. The van der Waals surface area contributed by atoms with Gasteiger partial charge in [0.2, 0.25) is 11.8 Å². The molecule has 0 saturated carbocycles. The van der Waals surface area contributed by atoms with Crippen molar-refractivity contribution in [3.8, 4) is 0 Å². The second kappa shape index (κ2) is 8.80. The normalized spacial score (nSPS) is 20.0. The molecule has 0 radical (unpaired) electrons. The van der Waals surface area contributed by atoms with Gasteiger partial charge < -0.3 is 10.6 Å². The van der Waals surface area contributed by atoms with Crippen LogP contribution in [0.15, 0.2) is 28.7 Å². The Balaban J connectivity index is 1.71. The van der Waals surface area contributed by atoms with Crippen LogP contribution in [-0.2, 0) is 25.8 Å². The van der Waals surface area contributed by atoms with Gasteiger partial charge in [-0.15, -0.1) is 0 Å². The van der Waals surface area contributed by atoms with Gasteiger partial charge in [0.25, 0.3) is 0 Å². The molecule has 0 aromatic heterocycles. The quantitative estimate of drug-likeness (QED) is 0.684. The van der Waals surface area contributed by atoms with E-state index in [4.69, 9.17) is 0 Å². The number of carbonyl (C=O) groups is 2. The molecule has 2 unspecified atom stereocenters. The fourth-order valence-corrected chi connectivity index (χ4v) is 5.10. The van der Waals surface area contributed by atoms with Crippen molar-refractivity contribution in [3.63, 3.8) is 0 Å². The molecule has 2 amide bonds. The molecule has 0 aliphatic carbocycles. The van der Waals surface area contributed by atoms with Gasteiger partial charge in [-0.1, -0.05) is 34.1 Å². The second-order valence-corrected chi connectivity index (χ2v) is 9.48. The lowest BCUT2D eigenvalue weighted by molar-refractivity contribution is -0.128. The van der Waals surface area contributed by atoms with Gasteiger partial charge in [0.15, 0.2) is 9.84 Å². The summed E-state index contributed by atoms with van der Waals surface area (Å²) in [5, 5.41) is 5.40. The van der Waals surface area contributed by atoms with Crippen LogP contribution in [0.2, 0.25) is 0 Å². The molecule has 138 valence electrons. The molecule has 6 nitrogen and oxygen atoms in total. The van der Waals surface area contributed by atoms with Crippen molar-refractivity contribution in [1.29, 1.82) is 0 Å². The first-order chi connectivity index (χ1) is 11.8. The van der Waals surface area contributed by atoms with E-state index in [1.165, 1.54) is 0 Å². The third kappa shape index (κ3) is 6.43. The van der Waals surface area contributed by atoms with Crippen molar-refractivity contribution in [2.75, 3.05) is 18.1 Å². The molecule has 25 heavy (non-hydrogen) atoms. The van der Waals surface area contributed by atoms with Gasteiger partial charge in [-0.3, -0.25) is 9.59 Å². The lowest BCUT2D eigenvalue weighted by Gasteiger charge is -2.16. The number of sulfone groups is 1. The molecule has 2 rings (SSSR count). The topological polar surface area (TPSA) is 92.3 Å². The van der Waals surface area contributed by atoms with E-state index in [2.05, 4.69) is 26.6 Å². The molecular weight excluding hydrogens is 408 g/mol. The van der Waals surface area contributed by atoms with E-state index >= 15 is 0 Å². The molecule has 2 N–H and O–H groups in total. The third-order valence-electron chi connectivity index (χ3n) is 4.24. The maximum absolute atomic E-state index is 12.0. The Morgan fingerprint density at radius 3 is 2.68 bits per heavy atom. The molecule has 1 aromatic carbocycles. The van der Waals surface area contributed by atoms with Crippen molar-refractivity contribution in [3.05, 3.63) is 34.3 Å². The zero-order valence-corrected chi connectivity index (χ0v) is 16.5. The predicted octanol–water partition coefficient (Wildman–Crippen LogP) is 1.44. The fourth-order valence-electron chi connectivity index (χ4n) is 2.76. The van der Waals surface area contributed by atoms with E-state index in [0.717, 1.165) is 10.0 Å². The lowest BCUT2D eigenvalue weighted by Crippen LogP contribution is -2.46. The number of hydrogen-bond donors (Lipinski definition) is 2. The van der Waals surface area contributed by atoms with E-state index in [1.807, 2.05) is 24.3 Å². The number of benzene rings is 1. The summed E-state index contributed by atoms with van der Waals surface area (Å²) in [5.41, 5.74) is 1.04. The highest BCUT2D eigenvalue weighted by Crippen LogP contribution is 2.18. The monoisotopic (exact) mass is 430 g/mol. The van der Waals surface area contributed by atoms with Gasteiger partial charge >= 0.3 is 0 Å². The molecule has 1 aliphatic heterocycles. The Labute approximate surface area is 156 Å². The molecule has 1 saturated heterocycles. The number of aryl methyl sites for hydroxylation is 1. The van der Waals surface area contributed by atoms with Crippen molar-refractivity contribution in [2.24, 2.45) is 5.92 Å². The molecule has 0 spiro atoms. The highest BCUT2D eigenvalue weighted by molar-refractivity contribution is 9.10. The summed E-state index contributed by atoms with van der Waals surface area (Å²) in [5.74, 6) is -0.206. The average Bonchev–Trinajstić information content (AvgIpc) is 2.91. The van der Waals surface area contributed by atoms with Crippen molar-refractivity contribution < 1.29 is 18.0 Å². The standard InChI is InChI=1S/C17H23BrN2O4S/c1-12(17(22)19-10-13-8-9-25(23,24)11-13)20-16(21)7-6-14-4-2-3-5-15(14)18/h2-5,12-13H,6-11H2,1H3,(H,19,22)(H,20,21). The molecule has 2 atom stereocenters. The van der Waals surface area contributed by atoms with Crippen LogP contribution in [0, 0.1) is 5.92 Å². The van der Waals surface area contributed by atoms with Crippen molar-refractivity contribution in [1.82, 2.24) is 10.6 Å². The molecule has 1 heterocycles. The molecule has 0 bridgehead atoms. The lowest BCUT2D eigenvalue weighted by atomic mass is 10.1. The molecule has 8 heteroatoms. The summed E-state index contributed by atoms with van der Waals surface area (Å²) in [6.07, 6.45) is 1.46. The van der Waals surface area contributed by atoms with Crippen LogP contribution in [0.25, 0.3) is 0 Å². The summed E-state index contributed by atoms with van der Waals surface area (Å²) >= 11 is 3.44. The van der Waals surface area contributed by atoms with Crippen molar-refractivity contribution >= 4 is 37.6 Å². The Hall–Kier alpha value is -1.41. The van der Waals surface area contributed by atoms with E-state index in [-0.39, 0.29) is 29.2 Å². The first-order valence-electron chi connectivity index (χ1n) is 8.28. The minimum absolute atomic E-state index is 0.0349. The molecular formula is C17H23BrN2O4S. The van der Waals surface area contributed by atoms with E-state index in [9.17, 15) is 18.0 Å².